The summed E-state index contributed by atoms with van der Waals surface area (Å²) in [6.45, 7) is 7.66. The summed E-state index contributed by atoms with van der Waals surface area (Å²) >= 11 is 0. The smallest absolute Gasteiger partial charge is 0.303 e. The average Bonchev–Trinajstić information content (AvgIpc) is 2.97. The van der Waals surface area contributed by atoms with E-state index < -0.39 is 11.9 Å². The number of aliphatic carboxylic acids is 1. The lowest BCUT2D eigenvalue weighted by molar-refractivity contribution is -0.137. The van der Waals surface area contributed by atoms with E-state index in [1.807, 2.05) is 32.0 Å². The molecule has 0 saturated carbocycles. The van der Waals surface area contributed by atoms with E-state index in [-0.39, 0.29) is 36.7 Å². The van der Waals surface area contributed by atoms with Crippen molar-refractivity contribution >= 4 is 29.1 Å². The Bertz CT molecular complexity index is 1110. The summed E-state index contributed by atoms with van der Waals surface area (Å²) in [6, 6.07) is 7.70. The van der Waals surface area contributed by atoms with Crippen molar-refractivity contribution in [2.24, 2.45) is 10.2 Å². The minimum absolute atomic E-state index is 0.0502. The lowest BCUT2D eigenvalue weighted by Crippen LogP contribution is -2.29. The van der Waals surface area contributed by atoms with Gasteiger partial charge in [0.1, 0.15) is 0 Å². The van der Waals surface area contributed by atoms with Crippen LogP contribution in [0, 0.1) is 20.8 Å². The van der Waals surface area contributed by atoms with Crippen LogP contribution in [-0.2, 0) is 9.59 Å². The first-order valence-electron chi connectivity index (χ1n) is 9.88. The van der Waals surface area contributed by atoms with Crippen molar-refractivity contribution in [3.8, 4) is 16.9 Å². The first-order valence-corrected chi connectivity index (χ1v) is 9.88. The third-order valence-corrected chi connectivity index (χ3v) is 5.02. The second-order valence-corrected chi connectivity index (χ2v) is 7.49. The van der Waals surface area contributed by atoms with E-state index in [9.17, 15) is 14.7 Å². The fourth-order valence-electron chi connectivity index (χ4n) is 3.19. The molecule has 1 amide bonds. The minimum Gasteiger partial charge on any atom is -0.504 e. The molecule has 0 radical (unpaired) electrons. The summed E-state index contributed by atoms with van der Waals surface area (Å²) in [6.07, 6.45) is 0.240. The number of carboxylic acids is 1. The Labute approximate surface area is 180 Å². The predicted molar refractivity (Wildman–Crippen MR) is 118 cm³/mol. The number of amides is 1. The quantitative estimate of drug-likeness (QED) is 0.587. The van der Waals surface area contributed by atoms with Crippen LogP contribution in [0.4, 0.5) is 5.82 Å². The number of anilines is 1. The topological polar surface area (TPSA) is 127 Å². The Morgan fingerprint density at radius 1 is 1.16 bits per heavy atom. The van der Waals surface area contributed by atoms with Gasteiger partial charge in [0.25, 0.3) is 5.91 Å². The molecule has 2 aromatic rings. The molecule has 0 aliphatic carbocycles. The third-order valence-electron chi connectivity index (χ3n) is 5.02. The minimum atomic E-state index is -0.927. The predicted octanol–water partition coefficient (Wildman–Crippen LogP) is 3.23. The molecule has 0 fully saturated rings. The molecular formula is C22H25N5O4. The molecule has 9 nitrogen and oxygen atoms in total. The van der Waals surface area contributed by atoms with Crippen LogP contribution in [0.15, 0.2) is 34.5 Å². The summed E-state index contributed by atoms with van der Waals surface area (Å²) in [5.74, 6) is -1.30. The van der Waals surface area contributed by atoms with Gasteiger partial charge in [-0.2, -0.15) is 10.2 Å². The highest BCUT2D eigenvalue weighted by Crippen LogP contribution is 2.35. The molecule has 1 aromatic carbocycles. The Balaban J connectivity index is 1.83. The molecule has 0 atom stereocenters. The van der Waals surface area contributed by atoms with Crippen LogP contribution in [0.25, 0.3) is 11.1 Å². The number of carbonyl (C=O) groups is 2. The van der Waals surface area contributed by atoms with E-state index >= 15 is 0 Å². The highest BCUT2D eigenvalue weighted by molar-refractivity contribution is 6.68. The highest BCUT2D eigenvalue weighted by Gasteiger charge is 2.29. The van der Waals surface area contributed by atoms with Crippen molar-refractivity contribution in [1.29, 1.82) is 0 Å². The molecule has 0 saturated heterocycles. The number of nitrogens with zero attached hydrogens (tertiary/aromatic N) is 4. The fraction of sp³-hybridized carbons (Fsp3) is 0.318. The number of rotatable bonds is 7. The lowest BCUT2D eigenvalue weighted by Gasteiger charge is -2.12. The first kappa shape index (κ1) is 21.9. The molecule has 1 aliphatic rings. The van der Waals surface area contributed by atoms with Crippen molar-refractivity contribution in [2.45, 2.75) is 40.5 Å². The monoisotopic (exact) mass is 423 g/mol. The molecule has 3 rings (SSSR count). The Morgan fingerprint density at radius 2 is 1.90 bits per heavy atom. The summed E-state index contributed by atoms with van der Waals surface area (Å²) in [4.78, 5) is 27.5. The standard InChI is InChI=1S/C22H25N5O4/c1-12-7-8-16(10-13(12)2)17-11-14(3)23-21(20(17)30)25-24-19-15(4)26-27(22(19)31)9-5-6-18(28)29/h7-8,10-11,30H,5-6,9H2,1-4H3,(H,23,25)(H,28,29)/b24-19-. The van der Waals surface area contributed by atoms with Gasteiger partial charge in [-0.05, 0) is 56.9 Å². The van der Waals surface area contributed by atoms with E-state index in [1.165, 1.54) is 5.01 Å². The maximum atomic E-state index is 12.5. The molecule has 1 aromatic heterocycles. The number of aryl methyl sites for hydroxylation is 3. The molecule has 1 aliphatic heterocycles. The second-order valence-electron chi connectivity index (χ2n) is 7.49. The Morgan fingerprint density at radius 3 is 2.58 bits per heavy atom. The van der Waals surface area contributed by atoms with Gasteiger partial charge in [0.2, 0.25) is 0 Å². The number of hydrazone groups is 2. The van der Waals surface area contributed by atoms with Crippen molar-refractivity contribution in [2.75, 3.05) is 12.0 Å². The number of aromatic nitrogens is 1. The van der Waals surface area contributed by atoms with Gasteiger partial charge in [-0.25, -0.2) is 9.99 Å². The molecule has 0 bridgehead atoms. The number of hydrogen-bond donors (Lipinski definition) is 3. The van der Waals surface area contributed by atoms with Gasteiger partial charge in [-0.3, -0.25) is 15.0 Å². The molecule has 0 spiro atoms. The zero-order valence-corrected chi connectivity index (χ0v) is 17.9. The van der Waals surface area contributed by atoms with Crippen LogP contribution in [0.2, 0.25) is 0 Å². The maximum Gasteiger partial charge on any atom is 0.303 e. The van der Waals surface area contributed by atoms with Crippen LogP contribution in [-0.4, -0.2) is 50.1 Å². The van der Waals surface area contributed by atoms with E-state index in [0.29, 0.717) is 17.0 Å². The molecule has 162 valence electrons. The van der Waals surface area contributed by atoms with Crippen LogP contribution in [0.5, 0.6) is 5.75 Å². The van der Waals surface area contributed by atoms with Gasteiger partial charge >= 0.3 is 5.97 Å². The molecule has 0 unspecified atom stereocenters. The van der Waals surface area contributed by atoms with Crippen molar-refractivity contribution in [1.82, 2.24) is 9.99 Å². The van der Waals surface area contributed by atoms with E-state index in [4.69, 9.17) is 5.11 Å². The number of hydrogen-bond acceptors (Lipinski definition) is 7. The number of carbonyl (C=O) groups excluding carboxylic acids is 1. The number of nitrogens with one attached hydrogen (secondary N) is 1. The van der Waals surface area contributed by atoms with Crippen molar-refractivity contribution < 1.29 is 19.8 Å². The van der Waals surface area contributed by atoms with Gasteiger partial charge in [0.15, 0.2) is 17.3 Å². The summed E-state index contributed by atoms with van der Waals surface area (Å²) in [5.41, 5.74) is 7.57. The van der Waals surface area contributed by atoms with Gasteiger partial charge in [0.05, 0.1) is 5.71 Å². The largest absolute Gasteiger partial charge is 0.504 e. The average molecular weight is 423 g/mol. The SMILES string of the molecule is CC1=NN(CCCC(=O)O)C(=O)/C1=N\Nc1nc(C)cc(-c2ccc(C)c(C)c2)c1O. The van der Waals surface area contributed by atoms with Crippen LogP contribution in [0.1, 0.15) is 36.6 Å². The number of carboxylic acid groups (broad SMARTS) is 1. The maximum absolute atomic E-state index is 12.5. The zero-order chi connectivity index (χ0) is 22.7. The van der Waals surface area contributed by atoms with Gasteiger partial charge in [-0.1, -0.05) is 18.2 Å². The van der Waals surface area contributed by atoms with Crippen molar-refractivity contribution in [3.05, 3.63) is 41.1 Å². The van der Waals surface area contributed by atoms with Crippen LogP contribution >= 0.6 is 0 Å². The fourth-order valence-corrected chi connectivity index (χ4v) is 3.19. The van der Waals surface area contributed by atoms with E-state index in [2.05, 4.69) is 20.6 Å². The molecule has 3 N–H and O–H groups in total. The van der Waals surface area contributed by atoms with Crippen LogP contribution < -0.4 is 5.43 Å². The second kappa shape index (κ2) is 8.95. The van der Waals surface area contributed by atoms with E-state index in [0.717, 1.165) is 16.7 Å². The number of pyridine rings is 1. The molecule has 2 heterocycles. The third kappa shape index (κ3) is 4.88. The molecule has 9 heteroatoms. The highest BCUT2D eigenvalue weighted by atomic mass is 16.4. The summed E-state index contributed by atoms with van der Waals surface area (Å²) in [7, 11) is 0. The van der Waals surface area contributed by atoms with Crippen LogP contribution in [0.3, 0.4) is 0 Å². The van der Waals surface area contributed by atoms with Crippen molar-refractivity contribution in [3.63, 3.8) is 0 Å². The molecule has 31 heavy (non-hydrogen) atoms. The zero-order valence-electron chi connectivity index (χ0n) is 17.9. The summed E-state index contributed by atoms with van der Waals surface area (Å²) < 4.78 is 0. The number of benzene rings is 1. The van der Waals surface area contributed by atoms with Gasteiger partial charge in [-0.15, -0.1) is 0 Å². The van der Waals surface area contributed by atoms with Gasteiger partial charge in [0, 0.05) is 24.2 Å². The summed E-state index contributed by atoms with van der Waals surface area (Å²) in [5, 5.41) is 29.0. The van der Waals surface area contributed by atoms with Gasteiger partial charge < -0.3 is 10.2 Å². The Hall–Kier alpha value is -3.75. The first-order chi connectivity index (χ1) is 14.7. The van der Waals surface area contributed by atoms with E-state index in [1.54, 1.807) is 19.9 Å². The lowest BCUT2D eigenvalue weighted by atomic mass is 10.00. The Kier molecular flexibility index (Phi) is 6.33. The number of aromatic hydroxyl groups is 1. The molecular weight excluding hydrogens is 398 g/mol. The normalized spacial score (nSPS) is 14.8.